The van der Waals surface area contributed by atoms with Crippen molar-refractivity contribution < 1.29 is 9.47 Å². The molecule has 1 spiro atoms. The minimum atomic E-state index is -0.379. The molecule has 3 aliphatic rings. The van der Waals surface area contributed by atoms with Gasteiger partial charge in [0.15, 0.2) is 11.5 Å². The van der Waals surface area contributed by atoms with Gasteiger partial charge in [-0.1, -0.05) is 25.1 Å². The van der Waals surface area contributed by atoms with E-state index < -0.39 is 0 Å². The number of benzene rings is 1. The van der Waals surface area contributed by atoms with Gasteiger partial charge >= 0.3 is 0 Å². The summed E-state index contributed by atoms with van der Waals surface area (Å²) in [5, 5.41) is 9.54. The summed E-state index contributed by atoms with van der Waals surface area (Å²) in [5.74, 6) is 1.75. The maximum Gasteiger partial charge on any atom is 0.200 e. The van der Waals surface area contributed by atoms with Crippen LogP contribution in [0.15, 0.2) is 40.8 Å². The van der Waals surface area contributed by atoms with E-state index in [1.165, 1.54) is 22.6 Å². The van der Waals surface area contributed by atoms with E-state index in [2.05, 4.69) is 46.5 Å². The molecule has 5 rings (SSSR count). The fourth-order valence-corrected chi connectivity index (χ4v) is 5.52. The lowest BCUT2D eigenvalue weighted by atomic mass is 9.91. The Hall–Kier alpha value is -2.05. The van der Waals surface area contributed by atoms with Gasteiger partial charge < -0.3 is 14.4 Å². The van der Waals surface area contributed by atoms with Crippen LogP contribution in [0.4, 0.5) is 0 Å². The number of piperidine rings is 1. The van der Waals surface area contributed by atoms with Gasteiger partial charge in [0, 0.05) is 37.9 Å². The number of thiophene rings is 1. The molecule has 1 saturated heterocycles. The summed E-state index contributed by atoms with van der Waals surface area (Å²) in [6, 6.07) is 10.7. The van der Waals surface area contributed by atoms with Gasteiger partial charge in [-0.3, -0.25) is 0 Å². The molecule has 28 heavy (non-hydrogen) atoms. The number of rotatable bonds is 4. The number of hydrogen-bond acceptors (Lipinski definition) is 6. The van der Waals surface area contributed by atoms with E-state index in [1.54, 1.807) is 18.4 Å². The van der Waals surface area contributed by atoms with E-state index >= 15 is 0 Å². The molecule has 0 unspecified atom stereocenters. The van der Waals surface area contributed by atoms with Gasteiger partial charge in [0.05, 0.1) is 23.7 Å². The molecule has 0 N–H and O–H groups in total. The van der Waals surface area contributed by atoms with Crippen LogP contribution in [-0.4, -0.2) is 48.1 Å². The molecular weight excluding hydrogens is 370 g/mol. The standard InChI is InChI=1S/C22H27N3O2S/c1-3-11-24-12-9-22(10-13-24)25-18(15-17(23-25)20-8-5-14-28-20)16-6-4-7-19(26-2)21(16)27-22/h4-8,14,18H,3,9-13,15H2,1-2H3/t18-/m0/s1. The summed E-state index contributed by atoms with van der Waals surface area (Å²) in [7, 11) is 1.73. The van der Waals surface area contributed by atoms with Crippen molar-refractivity contribution >= 4 is 17.0 Å². The lowest BCUT2D eigenvalue weighted by Gasteiger charge is -2.51. The van der Waals surface area contributed by atoms with Crippen LogP contribution in [0.1, 0.15) is 49.1 Å². The van der Waals surface area contributed by atoms with E-state index in [4.69, 9.17) is 14.6 Å². The Balaban J connectivity index is 1.55. The first kappa shape index (κ1) is 18.0. The zero-order valence-electron chi connectivity index (χ0n) is 16.6. The molecule has 1 aromatic carbocycles. The summed E-state index contributed by atoms with van der Waals surface area (Å²) in [6.45, 7) is 5.50. The summed E-state index contributed by atoms with van der Waals surface area (Å²) >= 11 is 1.77. The quantitative estimate of drug-likeness (QED) is 0.761. The van der Waals surface area contributed by atoms with Gasteiger partial charge in [0.25, 0.3) is 0 Å². The molecular formula is C22H27N3O2S. The molecule has 0 aliphatic carbocycles. The number of ether oxygens (including phenoxy) is 2. The number of para-hydroxylation sites is 1. The minimum Gasteiger partial charge on any atom is -0.493 e. The van der Waals surface area contributed by atoms with Crippen LogP contribution in [0.3, 0.4) is 0 Å². The third-order valence-corrected chi connectivity index (χ3v) is 7.11. The normalized spacial score (nSPS) is 23.1. The molecule has 5 nitrogen and oxygen atoms in total. The SMILES string of the molecule is CCCN1CCC2(CC1)Oc1c(OC)cccc1[C@@H]1CC(c3cccs3)=NN12. The number of fused-ring (bicyclic) bond motifs is 4. The Labute approximate surface area is 170 Å². The zero-order chi connectivity index (χ0) is 19.1. The Bertz CT molecular complexity index is 872. The predicted molar refractivity (Wildman–Crippen MR) is 112 cm³/mol. The minimum absolute atomic E-state index is 0.216. The number of hydrogen-bond donors (Lipinski definition) is 0. The Morgan fingerprint density at radius 1 is 1.25 bits per heavy atom. The van der Waals surface area contributed by atoms with E-state index in [0.717, 1.165) is 50.4 Å². The molecule has 1 atom stereocenters. The van der Waals surface area contributed by atoms with Crippen molar-refractivity contribution in [3.8, 4) is 11.5 Å². The van der Waals surface area contributed by atoms with Gasteiger partial charge in [-0.05, 0) is 30.5 Å². The number of methoxy groups -OCH3 is 1. The lowest BCUT2D eigenvalue weighted by molar-refractivity contribution is -0.150. The summed E-state index contributed by atoms with van der Waals surface area (Å²) < 4.78 is 12.4. The average Bonchev–Trinajstić information content (AvgIpc) is 3.40. The summed E-state index contributed by atoms with van der Waals surface area (Å²) in [4.78, 5) is 3.80. The van der Waals surface area contributed by atoms with Crippen molar-refractivity contribution in [3.05, 3.63) is 46.2 Å². The molecule has 1 aromatic heterocycles. The largest absolute Gasteiger partial charge is 0.493 e. The first-order valence-electron chi connectivity index (χ1n) is 10.2. The molecule has 0 bridgehead atoms. The molecule has 148 valence electrons. The van der Waals surface area contributed by atoms with Crippen molar-refractivity contribution in [1.29, 1.82) is 0 Å². The highest BCUT2D eigenvalue weighted by molar-refractivity contribution is 7.12. The maximum atomic E-state index is 6.76. The van der Waals surface area contributed by atoms with Crippen molar-refractivity contribution in [3.63, 3.8) is 0 Å². The smallest absolute Gasteiger partial charge is 0.200 e. The molecule has 0 radical (unpaired) electrons. The third kappa shape index (κ3) is 2.81. The molecule has 0 saturated carbocycles. The van der Waals surface area contributed by atoms with E-state index in [0.29, 0.717) is 0 Å². The van der Waals surface area contributed by atoms with Crippen molar-refractivity contribution in [1.82, 2.24) is 9.91 Å². The molecule has 4 heterocycles. The zero-order valence-corrected chi connectivity index (χ0v) is 17.4. The first-order valence-corrected chi connectivity index (χ1v) is 11.1. The van der Waals surface area contributed by atoms with Gasteiger partial charge in [-0.25, -0.2) is 5.01 Å². The molecule has 0 amide bonds. The Morgan fingerprint density at radius 3 is 2.82 bits per heavy atom. The van der Waals surface area contributed by atoms with Crippen LogP contribution in [0.25, 0.3) is 0 Å². The van der Waals surface area contributed by atoms with Crippen LogP contribution in [0.2, 0.25) is 0 Å². The lowest BCUT2D eigenvalue weighted by Crippen LogP contribution is -2.59. The first-order chi connectivity index (χ1) is 13.7. The second-order valence-corrected chi connectivity index (χ2v) is 8.80. The fourth-order valence-electron chi connectivity index (χ4n) is 4.79. The summed E-state index contributed by atoms with van der Waals surface area (Å²) in [6.07, 6.45) is 4.03. The van der Waals surface area contributed by atoms with Crippen molar-refractivity contribution in [2.45, 2.75) is 44.4 Å². The van der Waals surface area contributed by atoms with Crippen LogP contribution in [-0.2, 0) is 0 Å². The second kappa shape index (κ2) is 7.08. The third-order valence-electron chi connectivity index (χ3n) is 6.19. The second-order valence-electron chi connectivity index (χ2n) is 7.86. The number of hydrazone groups is 1. The summed E-state index contributed by atoms with van der Waals surface area (Å²) in [5.41, 5.74) is 1.99. The maximum absolute atomic E-state index is 6.76. The fraction of sp³-hybridized carbons (Fsp3) is 0.500. The van der Waals surface area contributed by atoms with Gasteiger partial charge in [0.1, 0.15) is 0 Å². The number of nitrogens with zero attached hydrogens (tertiary/aromatic N) is 3. The van der Waals surface area contributed by atoms with Crippen LogP contribution >= 0.6 is 11.3 Å². The highest BCUT2D eigenvalue weighted by Gasteiger charge is 2.52. The van der Waals surface area contributed by atoms with E-state index in [-0.39, 0.29) is 11.8 Å². The molecule has 6 heteroatoms. The Kier molecular flexibility index (Phi) is 4.56. The van der Waals surface area contributed by atoms with Gasteiger partial charge in [-0.2, -0.15) is 5.10 Å². The van der Waals surface area contributed by atoms with Gasteiger partial charge in [0.2, 0.25) is 5.72 Å². The average molecular weight is 398 g/mol. The van der Waals surface area contributed by atoms with Crippen LogP contribution in [0.5, 0.6) is 11.5 Å². The van der Waals surface area contributed by atoms with E-state index in [1.807, 2.05) is 6.07 Å². The Morgan fingerprint density at radius 2 is 2.11 bits per heavy atom. The highest BCUT2D eigenvalue weighted by Crippen LogP contribution is 2.52. The van der Waals surface area contributed by atoms with E-state index in [9.17, 15) is 0 Å². The molecule has 1 fully saturated rings. The molecule has 3 aliphatic heterocycles. The van der Waals surface area contributed by atoms with Crippen LogP contribution < -0.4 is 9.47 Å². The predicted octanol–water partition coefficient (Wildman–Crippen LogP) is 4.50. The van der Waals surface area contributed by atoms with Gasteiger partial charge in [-0.15, -0.1) is 11.3 Å². The molecule has 2 aromatic rings. The highest BCUT2D eigenvalue weighted by atomic mass is 32.1. The van der Waals surface area contributed by atoms with Crippen molar-refractivity contribution in [2.75, 3.05) is 26.7 Å². The van der Waals surface area contributed by atoms with Crippen molar-refractivity contribution in [2.24, 2.45) is 5.10 Å². The monoisotopic (exact) mass is 397 g/mol. The topological polar surface area (TPSA) is 37.3 Å². The van der Waals surface area contributed by atoms with Crippen LogP contribution in [0, 0.1) is 0 Å². The number of likely N-dealkylation sites (tertiary alicyclic amines) is 1.